The van der Waals surface area contributed by atoms with Crippen molar-refractivity contribution in [1.29, 1.82) is 5.26 Å². The third-order valence-corrected chi connectivity index (χ3v) is 8.40. The smallest absolute Gasteiger partial charge is 0.266 e. The van der Waals surface area contributed by atoms with Crippen LogP contribution in [0.3, 0.4) is 0 Å². The normalized spacial score (nSPS) is 11.8. The molecule has 40 heavy (non-hydrogen) atoms. The molecule has 0 unspecified atom stereocenters. The molecule has 1 heterocycles. The summed E-state index contributed by atoms with van der Waals surface area (Å²) >= 11 is 18.3. The molecule has 7 nitrogen and oxygen atoms in total. The Labute approximate surface area is 247 Å². The molecule has 1 N–H and O–H groups in total. The first-order valence-electron chi connectivity index (χ1n) is 11.8. The summed E-state index contributed by atoms with van der Waals surface area (Å²) in [4.78, 5) is 12.7. The number of hydrogen-bond donors (Lipinski definition) is 1. The fraction of sp³-hybridized carbons (Fsp3) is 0.103. The third-order valence-electron chi connectivity index (χ3n) is 5.77. The summed E-state index contributed by atoms with van der Waals surface area (Å²) in [6.07, 6.45) is 1.28. The lowest BCUT2D eigenvalue weighted by Crippen LogP contribution is -2.30. The lowest BCUT2D eigenvalue weighted by atomic mass is 10.2. The van der Waals surface area contributed by atoms with Gasteiger partial charge >= 0.3 is 0 Å². The number of furan rings is 1. The SMILES string of the molecule is Cc1ccc(S(=O)(=O)N(Cc2ccc(/C=C(/C#N)C(=O)Nc3cccc(Cl)c3)o2)Cc2ccc(Cl)cc2Cl)cc1. The van der Waals surface area contributed by atoms with Crippen molar-refractivity contribution in [2.45, 2.75) is 24.9 Å². The lowest BCUT2D eigenvalue weighted by Gasteiger charge is -2.22. The van der Waals surface area contributed by atoms with Crippen LogP contribution in [0.4, 0.5) is 5.69 Å². The summed E-state index contributed by atoms with van der Waals surface area (Å²) in [6, 6.07) is 22.8. The summed E-state index contributed by atoms with van der Waals surface area (Å²) in [5.74, 6) is -0.159. The Kier molecular flexibility index (Phi) is 9.36. The highest BCUT2D eigenvalue weighted by Crippen LogP contribution is 2.27. The van der Waals surface area contributed by atoms with E-state index in [1.165, 1.54) is 22.5 Å². The van der Waals surface area contributed by atoms with Gasteiger partial charge in [0, 0.05) is 33.4 Å². The minimum atomic E-state index is -3.97. The zero-order valence-corrected chi connectivity index (χ0v) is 24.2. The summed E-state index contributed by atoms with van der Waals surface area (Å²) in [6.45, 7) is 1.67. The average molecular weight is 615 g/mol. The van der Waals surface area contributed by atoms with Crippen LogP contribution in [0.2, 0.25) is 15.1 Å². The number of sulfonamides is 1. The molecule has 4 aromatic rings. The predicted octanol–water partition coefficient (Wildman–Crippen LogP) is 7.49. The van der Waals surface area contributed by atoms with Gasteiger partial charge in [0.1, 0.15) is 23.2 Å². The van der Waals surface area contributed by atoms with E-state index in [-0.39, 0.29) is 29.3 Å². The Morgan fingerprint density at radius 1 is 0.975 bits per heavy atom. The summed E-state index contributed by atoms with van der Waals surface area (Å²) < 4.78 is 34.3. The van der Waals surface area contributed by atoms with Gasteiger partial charge in [0.25, 0.3) is 5.91 Å². The second-order valence-corrected chi connectivity index (χ2v) is 12.0. The van der Waals surface area contributed by atoms with E-state index in [0.717, 1.165) is 5.56 Å². The van der Waals surface area contributed by atoms with Gasteiger partial charge < -0.3 is 9.73 Å². The van der Waals surface area contributed by atoms with E-state index in [0.29, 0.717) is 32.1 Å². The highest BCUT2D eigenvalue weighted by molar-refractivity contribution is 7.89. The molecule has 204 valence electrons. The summed E-state index contributed by atoms with van der Waals surface area (Å²) in [7, 11) is -3.97. The Hall–Kier alpha value is -3.58. The Morgan fingerprint density at radius 3 is 2.38 bits per heavy atom. The van der Waals surface area contributed by atoms with Crippen molar-refractivity contribution in [1.82, 2.24) is 4.31 Å². The fourth-order valence-corrected chi connectivity index (χ4v) is 5.75. The maximum absolute atomic E-state index is 13.6. The molecular formula is C29H22Cl3N3O4S. The van der Waals surface area contributed by atoms with E-state index in [1.54, 1.807) is 66.7 Å². The van der Waals surface area contributed by atoms with E-state index in [1.807, 2.05) is 13.0 Å². The van der Waals surface area contributed by atoms with Gasteiger partial charge in [-0.15, -0.1) is 0 Å². The largest absolute Gasteiger partial charge is 0.460 e. The molecular weight excluding hydrogens is 593 g/mol. The van der Waals surface area contributed by atoms with Gasteiger partial charge in [0.2, 0.25) is 10.0 Å². The van der Waals surface area contributed by atoms with Gasteiger partial charge in [0.15, 0.2) is 0 Å². The maximum atomic E-state index is 13.6. The Balaban J connectivity index is 1.60. The molecule has 0 saturated carbocycles. The second-order valence-electron chi connectivity index (χ2n) is 8.76. The van der Waals surface area contributed by atoms with Gasteiger partial charge in [-0.25, -0.2) is 8.42 Å². The quantitative estimate of drug-likeness (QED) is 0.155. The molecule has 1 aromatic heterocycles. The minimum absolute atomic E-state index is 0.0520. The first-order chi connectivity index (χ1) is 19.0. The maximum Gasteiger partial charge on any atom is 0.266 e. The molecule has 0 spiro atoms. The molecule has 3 aromatic carbocycles. The molecule has 4 rings (SSSR count). The zero-order chi connectivity index (χ0) is 28.9. The highest BCUT2D eigenvalue weighted by atomic mass is 35.5. The summed E-state index contributed by atoms with van der Waals surface area (Å²) in [5, 5.41) is 13.3. The number of carbonyl (C=O) groups is 1. The van der Waals surface area contributed by atoms with Gasteiger partial charge in [-0.05, 0) is 67.1 Å². The highest BCUT2D eigenvalue weighted by Gasteiger charge is 2.27. The number of amides is 1. The number of rotatable bonds is 9. The van der Waals surface area contributed by atoms with Gasteiger partial charge in [0.05, 0.1) is 11.4 Å². The van der Waals surface area contributed by atoms with Crippen LogP contribution in [0.1, 0.15) is 22.6 Å². The van der Waals surface area contributed by atoms with Gasteiger partial charge in [-0.1, -0.05) is 64.6 Å². The number of halogens is 3. The first-order valence-corrected chi connectivity index (χ1v) is 14.4. The predicted molar refractivity (Wildman–Crippen MR) is 156 cm³/mol. The van der Waals surface area contributed by atoms with E-state index in [2.05, 4.69) is 5.32 Å². The summed E-state index contributed by atoms with van der Waals surface area (Å²) in [5.41, 5.74) is 1.69. The molecule has 0 aliphatic rings. The molecule has 0 bridgehead atoms. The monoisotopic (exact) mass is 613 g/mol. The number of anilines is 1. The van der Waals surface area contributed by atoms with Crippen LogP contribution in [0.5, 0.6) is 0 Å². The molecule has 0 radical (unpaired) electrons. The lowest BCUT2D eigenvalue weighted by molar-refractivity contribution is -0.112. The van der Waals surface area contributed by atoms with Crippen molar-refractivity contribution in [3.05, 3.63) is 122 Å². The van der Waals surface area contributed by atoms with E-state index in [4.69, 9.17) is 39.2 Å². The van der Waals surface area contributed by atoms with E-state index in [9.17, 15) is 18.5 Å². The average Bonchev–Trinajstić information content (AvgIpc) is 3.35. The van der Waals surface area contributed by atoms with Crippen molar-refractivity contribution < 1.29 is 17.6 Å². The van der Waals surface area contributed by atoms with Gasteiger partial charge in [-0.3, -0.25) is 4.79 Å². The van der Waals surface area contributed by atoms with Crippen LogP contribution in [0, 0.1) is 18.3 Å². The van der Waals surface area contributed by atoms with Crippen LogP contribution < -0.4 is 5.32 Å². The van der Waals surface area contributed by atoms with Crippen molar-refractivity contribution in [3.63, 3.8) is 0 Å². The number of nitriles is 1. The topological polar surface area (TPSA) is 103 Å². The van der Waals surface area contributed by atoms with Crippen LogP contribution in [0.15, 0.2) is 93.7 Å². The van der Waals surface area contributed by atoms with Crippen molar-refractivity contribution in [2.24, 2.45) is 0 Å². The molecule has 0 aliphatic carbocycles. The molecule has 0 fully saturated rings. The molecule has 0 saturated heterocycles. The van der Waals surface area contributed by atoms with E-state index >= 15 is 0 Å². The van der Waals surface area contributed by atoms with Crippen LogP contribution in [0.25, 0.3) is 6.08 Å². The number of benzene rings is 3. The molecule has 0 atom stereocenters. The van der Waals surface area contributed by atoms with Crippen LogP contribution in [-0.4, -0.2) is 18.6 Å². The molecule has 0 aliphatic heterocycles. The molecule has 11 heteroatoms. The number of hydrogen-bond acceptors (Lipinski definition) is 5. The standard InChI is InChI=1S/C29H22Cl3N3O4S/c1-19-5-11-27(12-6-19)40(37,38)35(17-20-7-8-23(31)15-28(20)32)18-26-10-9-25(39-26)13-21(16-33)29(36)34-24-4-2-3-22(30)14-24/h2-15H,17-18H2,1H3,(H,34,36)/b21-13-. The zero-order valence-electron chi connectivity index (χ0n) is 21.1. The van der Waals surface area contributed by atoms with Gasteiger partial charge in [-0.2, -0.15) is 9.57 Å². The van der Waals surface area contributed by atoms with Crippen molar-refractivity contribution in [2.75, 3.05) is 5.32 Å². The Morgan fingerprint density at radius 2 is 1.70 bits per heavy atom. The van der Waals surface area contributed by atoms with Crippen molar-refractivity contribution in [3.8, 4) is 6.07 Å². The molecule has 1 amide bonds. The second kappa shape index (κ2) is 12.7. The number of nitrogens with one attached hydrogen (secondary N) is 1. The van der Waals surface area contributed by atoms with Crippen molar-refractivity contribution >= 4 is 62.5 Å². The number of carbonyl (C=O) groups excluding carboxylic acids is 1. The Bertz CT molecular complexity index is 1730. The van der Waals surface area contributed by atoms with E-state index < -0.39 is 15.9 Å². The number of aryl methyl sites for hydroxylation is 1. The first kappa shape index (κ1) is 29.4. The fourth-order valence-electron chi connectivity index (χ4n) is 3.71. The van der Waals surface area contributed by atoms with Crippen LogP contribution in [-0.2, 0) is 27.9 Å². The number of nitrogens with zero attached hydrogens (tertiary/aromatic N) is 2. The van der Waals surface area contributed by atoms with Crippen LogP contribution >= 0.6 is 34.8 Å². The third kappa shape index (κ3) is 7.33. The minimum Gasteiger partial charge on any atom is -0.460 e.